The van der Waals surface area contributed by atoms with Gasteiger partial charge < -0.3 is 25.2 Å². The Morgan fingerprint density at radius 2 is 2.00 bits per heavy atom. The summed E-state index contributed by atoms with van der Waals surface area (Å²) in [6, 6.07) is 11.3. The van der Waals surface area contributed by atoms with Crippen LogP contribution >= 0.6 is 0 Å². The Hall–Kier alpha value is -2.96. The molecule has 3 N–H and O–H groups in total. The molecule has 1 unspecified atom stereocenters. The van der Waals surface area contributed by atoms with Crippen molar-refractivity contribution in [2.75, 3.05) is 19.7 Å². The third kappa shape index (κ3) is 6.98. The molecule has 0 saturated heterocycles. The maximum Gasteiger partial charge on any atom is 0.191 e. The van der Waals surface area contributed by atoms with Crippen molar-refractivity contribution >= 4 is 5.96 Å². The van der Waals surface area contributed by atoms with Gasteiger partial charge in [-0.2, -0.15) is 0 Å². The summed E-state index contributed by atoms with van der Waals surface area (Å²) in [5, 5.41) is 16.2. The molecule has 0 amide bonds. The van der Waals surface area contributed by atoms with Crippen LogP contribution in [0.15, 0.2) is 47.5 Å². The van der Waals surface area contributed by atoms with Crippen LogP contribution in [0.25, 0.3) is 0 Å². The number of ether oxygens (including phenoxy) is 2. The molecule has 2 aromatic rings. The van der Waals surface area contributed by atoms with Crippen LogP contribution in [-0.4, -0.2) is 36.9 Å². The van der Waals surface area contributed by atoms with Crippen molar-refractivity contribution < 1.29 is 19.0 Å². The minimum absolute atomic E-state index is 0.114. The second-order valence-corrected chi connectivity index (χ2v) is 6.20. The van der Waals surface area contributed by atoms with Gasteiger partial charge in [-0.25, -0.2) is 9.38 Å². The van der Waals surface area contributed by atoms with Crippen molar-refractivity contribution in [1.29, 1.82) is 0 Å². The Labute approximate surface area is 165 Å². The molecule has 0 spiro atoms. The molecular formula is C21H28FN3O3. The molecular weight excluding hydrogens is 361 g/mol. The molecule has 0 aliphatic heterocycles. The molecule has 0 aliphatic rings. The molecule has 6 nitrogen and oxygen atoms in total. The maximum absolute atomic E-state index is 13.2. The van der Waals surface area contributed by atoms with Crippen molar-refractivity contribution in [2.24, 2.45) is 4.99 Å². The van der Waals surface area contributed by atoms with E-state index in [-0.39, 0.29) is 17.7 Å². The van der Waals surface area contributed by atoms with Gasteiger partial charge in [-0.1, -0.05) is 12.1 Å². The monoisotopic (exact) mass is 389 g/mol. The quantitative estimate of drug-likeness (QED) is 0.452. The fraction of sp³-hybridized carbons (Fsp3) is 0.381. The average Bonchev–Trinajstić information content (AvgIpc) is 2.66. The van der Waals surface area contributed by atoms with Crippen molar-refractivity contribution in [1.82, 2.24) is 10.6 Å². The summed E-state index contributed by atoms with van der Waals surface area (Å²) < 4.78 is 24.4. The van der Waals surface area contributed by atoms with Crippen LogP contribution in [0.2, 0.25) is 0 Å². The first-order valence-electron chi connectivity index (χ1n) is 9.40. The zero-order valence-corrected chi connectivity index (χ0v) is 16.5. The normalized spacial score (nSPS) is 12.4. The Morgan fingerprint density at radius 1 is 1.18 bits per heavy atom. The lowest BCUT2D eigenvalue weighted by Gasteiger charge is -2.17. The second-order valence-electron chi connectivity index (χ2n) is 6.20. The minimum Gasteiger partial charge on any atom is -0.504 e. The lowest BCUT2D eigenvalue weighted by Crippen LogP contribution is -2.41. The molecule has 0 heterocycles. The van der Waals surface area contributed by atoms with Gasteiger partial charge in [-0.3, -0.25) is 0 Å². The first-order chi connectivity index (χ1) is 13.5. The van der Waals surface area contributed by atoms with Crippen LogP contribution in [0, 0.1) is 5.82 Å². The number of nitrogens with one attached hydrogen (secondary N) is 2. The number of nitrogens with zero attached hydrogens (tertiary/aromatic N) is 1. The molecule has 0 fully saturated rings. The van der Waals surface area contributed by atoms with Crippen LogP contribution < -0.4 is 20.1 Å². The third-order valence-electron chi connectivity index (χ3n) is 3.78. The van der Waals surface area contributed by atoms with E-state index in [0.717, 1.165) is 5.56 Å². The van der Waals surface area contributed by atoms with Gasteiger partial charge in [0.15, 0.2) is 17.5 Å². The summed E-state index contributed by atoms with van der Waals surface area (Å²) in [7, 11) is 0. The van der Waals surface area contributed by atoms with Gasteiger partial charge in [-0.15, -0.1) is 0 Å². The Morgan fingerprint density at radius 3 is 2.71 bits per heavy atom. The fourth-order valence-corrected chi connectivity index (χ4v) is 2.49. The molecule has 1 atom stereocenters. The highest BCUT2D eigenvalue weighted by Gasteiger charge is 2.07. The van der Waals surface area contributed by atoms with E-state index in [9.17, 15) is 9.50 Å². The highest BCUT2D eigenvalue weighted by Crippen LogP contribution is 2.27. The lowest BCUT2D eigenvalue weighted by atomic mass is 10.2. The van der Waals surface area contributed by atoms with Crippen molar-refractivity contribution in [3.8, 4) is 17.2 Å². The second kappa shape index (κ2) is 11.0. The van der Waals surface area contributed by atoms with Crippen LogP contribution in [0.5, 0.6) is 17.2 Å². The molecule has 0 radical (unpaired) electrons. The first kappa shape index (κ1) is 21.3. The molecule has 28 heavy (non-hydrogen) atoms. The molecule has 0 aromatic heterocycles. The molecule has 0 aliphatic carbocycles. The van der Waals surface area contributed by atoms with E-state index in [0.29, 0.717) is 43.7 Å². The standard InChI is InChI=1S/C21H28FN3O3/c1-4-23-21(24-13-15(3)28-18-8-6-7-17(22)12-18)25-14-16-9-10-19(26)20(11-16)27-5-2/h6-12,15,26H,4-5,13-14H2,1-3H3,(H2,23,24,25). The summed E-state index contributed by atoms with van der Waals surface area (Å²) >= 11 is 0. The molecule has 7 heteroatoms. The van der Waals surface area contributed by atoms with Crippen LogP contribution in [0.1, 0.15) is 26.3 Å². The third-order valence-corrected chi connectivity index (χ3v) is 3.78. The van der Waals surface area contributed by atoms with Crippen LogP contribution in [0.4, 0.5) is 4.39 Å². The fourth-order valence-electron chi connectivity index (χ4n) is 2.49. The van der Waals surface area contributed by atoms with Crippen molar-refractivity contribution in [2.45, 2.75) is 33.4 Å². The molecule has 152 valence electrons. The first-order valence-corrected chi connectivity index (χ1v) is 9.40. The Bertz CT molecular complexity index is 783. The van der Waals surface area contributed by atoms with Gasteiger partial charge in [0.05, 0.1) is 19.7 Å². The van der Waals surface area contributed by atoms with E-state index in [1.165, 1.54) is 12.1 Å². The summed E-state index contributed by atoms with van der Waals surface area (Å²) in [6.45, 7) is 7.87. The average molecular weight is 389 g/mol. The summed E-state index contributed by atoms with van der Waals surface area (Å²) in [5.41, 5.74) is 0.919. The van der Waals surface area contributed by atoms with Crippen LogP contribution in [-0.2, 0) is 6.54 Å². The van der Waals surface area contributed by atoms with Gasteiger partial charge >= 0.3 is 0 Å². The molecule has 0 bridgehead atoms. The van der Waals surface area contributed by atoms with Gasteiger partial charge in [0.25, 0.3) is 0 Å². The number of hydrogen-bond acceptors (Lipinski definition) is 4. The SMILES string of the molecule is CCNC(=NCc1ccc(O)c(OCC)c1)NCC(C)Oc1cccc(F)c1. The van der Waals surface area contributed by atoms with Crippen molar-refractivity contribution in [3.05, 3.63) is 53.8 Å². The number of rotatable bonds is 9. The number of aliphatic imine (C=N–C) groups is 1. The topological polar surface area (TPSA) is 75.1 Å². The van der Waals surface area contributed by atoms with Gasteiger partial charge in [0.1, 0.15) is 17.7 Å². The highest BCUT2D eigenvalue weighted by atomic mass is 19.1. The van der Waals surface area contributed by atoms with E-state index in [1.54, 1.807) is 30.3 Å². The maximum atomic E-state index is 13.2. The number of benzene rings is 2. The molecule has 2 rings (SSSR count). The minimum atomic E-state index is -0.326. The number of halogens is 1. The number of hydrogen-bond donors (Lipinski definition) is 3. The zero-order chi connectivity index (χ0) is 20.4. The largest absolute Gasteiger partial charge is 0.504 e. The predicted octanol–water partition coefficient (Wildman–Crippen LogP) is 3.45. The molecule has 0 saturated carbocycles. The summed E-state index contributed by atoms with van der Waals surface area (Å²) in [4.78, 5) is 4.55. The van der Waals surface area contributed by atoms with E-state index in [4.69, 9.17) is 9.47 Å². The van der Waals surface area contributed by atoms with E-state index >= 15 is 0 Å². The summed E-state index contributed by atoms with van der Waals surface area (Å²) in [6.07, 6.45) is -0.177. The Balaban J connectivity index is 1.93. The van der Waals surface area contributed by atoms with Crippen LogP contribution in [0.3, 0.4) is 0 Å². The number of phenolic OH excluding ortho intramolecular Hbond substituents is 1. The Kier molecular flexibility index (Phi) is 8.39. The smallest absolute Gasteiger partial charge is 0.191 e. The highest BCUT2D eigenvalue weighted by molar-refractivity contribution is 5.79. The van der Waals surface area contributed by atoms with E-state index in [2.05, 4.69) is 15.6 Å². The number of phenols is 1. The van der Waals surface area contributed by atoms with E-state index < -0.39 is 0 Å². The zero-order valence-electron chi connectivity index (χ0n) is 16.5. The molecule has 2 aromatic carbocycles. The number of aromatic hydroxyl groups is 1. The summed E-state index contributed by atoms with van der Waals surface area (Å²) in [5.74, 6) is 1.37. The van der Waals surface area contributed by atoms with Gasteiger partial charge in [-0.05, 0) is 50.6 Å². The van der Waals surface area contributed by atoms with Gasteiger partial charge in [0.2, 0.25) is 0 Å². The lowest BCUT2D eigenvalue weighted by molar-refractivity contribution is 0.223. The van der Waals surface area contributed by atoms with Crippen molar-refractivity contribution in [3.63, 3.8) is 0 Å². The van der Waals surface area contributed by atoms with Gasteiger partial charge in [0, 0.05) is 12.6 Å². The number of guanidine groups is 1. The van der Waals surface area contributed by atoms with E-state index in [1.807, 2.05) is 20.8 Å². The predicted molar refractivity (Wildman–Crippen MR) is 109 cm³/mol.